The van der Waals surface area contributed by atoms with Gasteiger partial charge in [0.25, 0.3) is 0 Å². The van der Waals surface area contributed by atoms with Crippen molar-refractivity contribution in [3.05, 3.63) is 64.7 Å². The van der Waals surface area contributed by atoms with Crippen LogP contribution in [0, 0.1) is 20.8 Å². The summed E-state index contributed by atoms with van der Waals surface area (Å²) in [6.45, 7) is 11.4. The molecule has 0 spiro atoms. The molecule has 132 valence electrons. The number of nitrogens with one attached hydrogen (secondary N) is 1. The van der Waals surface area contributed by atoms with Crippen molar-refractivity contribution in [2.75, 3.05) is 31.5 Å². The molecule has 0 saturated carbocycles. The molecule has 0 aliphatic carbocycles. The summed E-state index contributed by atoms with van der Waals surface area (Å²) in [5, 5.41) is 4.27. The molecule has 1 aliphatic rings. The molecular weight excluding hydrogens is 326 g/mol. The number of benzene rings is 2. The third-order valence-corrected chi connectivity index (χ3v) is 5.18. The highest BCUT2D eigenvalue weighted by Crippen LogP contribution is 2.18. The summed E-state index contributed by atoms with van der Waals surface area (Å²) < 4.78 is 0. The summed E-state index contributed by atoms with van der Waals surface area (Å²) in [6, 6.07) is 15.3. The highest BCUT2D eigenvalue weighted by molar-refractivity contribution is 7.80. The first kappa shape index (κ1) is 17.9. The molecule has 2 aromatic carbocycles. The summed E-state index contributed by atoms with van der Waals surface area (Å²) in [6.07, 6.45) is 0. The quantitative estimate of drug-likeness (QED) is 0.836. The second-order valence-electron chi connectivity index (χ2n) is 7.00. The predicted molar refractivity (Wildman–Crippen MR) is 110 cm³/mol. The first-order valence-corrected chi connectivity index (χ1v) is 9.33. The molecule has 0 bridgehead atoms. The summed E-state index contributed by atoms with van der Waals surface area (Å²) in [7, 11) is 0. The van der Waals surface area contributed by atoms with Crippen LogP contribution < -0.4 is 5.32 Å². The van der Waals surface area contributed by atoms with Crippen molar-refractivity contribution < 1.29 is 0 Å². The predicted octanol–water partition coefficient (Wildman–Crippen LogP) is 4.13. The van der Waals surface area contributed by atoms with E-state index in [2.05, 4.69) is 78.4 Å². The van der Waals surface area contributed by atoms with Gasteiger partial charge in [0.15, 0.2) is 5.11 Å². The normalized spacial score (nSPS) is 15.2. The number of rotatable bonds is 3. The van der Waals surface area contributed by atoms with Gasteiger partial charge < -0.3 is 10.2 Å². The van der Waals surface area contributed by atoms with Crippen molar-refractivity contribution in [1.82, 2.24) is 9.80 Å². The SMILES string of the molecule is Cc1ccc(CN2CCN(C(=S)Nc3cc(C)ccc3C)CC2)cc1. The average molecular weight is 354 g/mol. The molecule has 1 heterocycles. The Bertz CT molecular complexity index is 731. The van der Waals surface area contributed by atoms with Gasteiger partial charge in [-0.3, -0.25) is 4.90 Å². The Morgan fingerprint density at radius 1 is 0.920 bits per heavy atom. The lowest BCUT2D eigenvalue weighted by atomic mass is 10.1. The molecule has 0 unspecified atom stereocenters. The van der Waals surface area contributed by atoms with Crippen LogP contribution in [0.15, 0.2) is 42.5 Å². The van der Waals surface area contributed by atoms with E-state index in [0.717, 1.165) is 43.5 Å². The number of anilines is 1. The lowest BCUT2D eigenvalue weighted by Crippen LogP contribution is -2.49. The fraction of sp³-hybridized carbons (Fsp3) is 0.381. The van der Waals surface area contributed by atoms with Gasteiger partial charge in [-0.2, -0.15) is 0 Å². The van der Waals surface area contributed by atoms with Gasteiger partial charge in [-0.05, 0) is 55.7 Å². The summed E-state index contributed by atoms with van der Waals surface area (Å²) >= 11 is 5.64. The first-order chi connectivity index (χ1) is 12.0. The third kappa shape index (κ3) is 4.80. The van der Waals surface area contributed by atoms with Crippen LogP contribution in [0.25, 0.3) is 0 Å². The zero-order valence-electron chi connectivity index (χ0n) is 15.4. The molecule has 1 N–H and O–H groups in total. The molecule has 3 nitrogen and oxygen atoms in total. The molecule has 4 heteroatoms. The largest absolute Gasteiger partial charge is 0.346 e. The summed E-state index contributed by atoms with van der Waals surface area (Å²) in [4.78, 5) is 4.78. The lowest BCUT2D eigenvalue weighted by Gasteiger charge is -2.36. The molecule has 0 radical (unpaired) electrons. The van der Waals surface area contributed by atoms with Crippen molar-refractivity contribution in [3.8, 4) is 0 Å². The number of hydrogen-bond donors (Lipinski definition) is 1. The minimum Gasteiger partial charge on any atom is -0.346 e. The maximum Gasteiger partial charge on any atom is 0.173 e. The summed E-state index contributed by atoms with van der Waals surface area (Å²) in [5.41, 5.74) is 6.29. The van der Waals surface area contributed by atoms with E-state index in [4.69, 9.17) is 12.2 Å². The molecule has 0 amide bonds. The molecule has 1 fully saturated rings. The van der Waals surface area contributed by atoms with Crippen molar-refractivity contribution in [1.29, 1.82) is 0 Å². The molecule has 1 aliphatic heterocycles. The van der Waals surface area contributed by atoms with E-state index >= 15 is 0 Å². The Morgan fingerprint density at radius 2 is 1.56 bits per heavy atom. The Labute approximate surface area is 156 Å². The smallest absolute Gasteiger partial charge is 0.173 e. The van der Waals surface area contributed by atoms with E-state index in [0.29, 0.717) is 0 Å². The van der Waals surface area contributed by atoms with Gasteiger partial charge >= 0.3 is 0 Å². The highest BCUT2D eigenvalue weighted by Gasteiger charge is 2.19. The van der Waals surface area contributed by atoms with Gasteiger partial charge in [0.2, 0.25) is 0 Å². The van der Waals surface area contributed by atoms with Crippen LogP contribution in [0.2, 0.25) is 0 Å². The van der Waals surface area contributed by atoms with Gasteiger partial charge in [-0.25, -0.2) is 0 Å². The second kappa shape index (κ2) is 7.98. The van der Waals surface area contributed by atoms with E-state index in [1.54, 1.807) is 0 Å². The number of aryl methyl sites for hydroxylation is 3. The van der Waals surface area contributed by atoms with Crippen molar-refractivity contribution in [2.24, 2.45) is 0 Å². The molecule has 0 atom stereocenters. The van der Waals surface area contributed by atoms with Crippen LogP contribution in [-0.2, 0) is 6.54 Å². The minimum atomic E-state index is 0.837. The molecule has 1 saturated heterocycles. The Hall–Kier alpha value is -1.91. The highest BCUT2D eigenvalue weighted by atomic mass is 32.1. The average Bonchev–Trinajstić information content (AvgIpc) is 2.61. The van der Waals surface area contributed by atoms with Crippen LogP contribution in [0.4, 0.5) is 5.69 Å². The van der Waals surface area contributed by atoms with Gasteiger partial charge in [-0.1, -0.05) is 42.0 Å². The number of piperazine rings is 1. The minimum absolute atomic E-state index is 0.837. The van der Waals surface area contributed by atoms with E-state index in [1.165, 1.54) is 22.3 Å². The molecular formula is C21H27N3S. The molecule has 3 rings (SSSR count). The van der Waals surface area contributed by atoms with E-state index < -0.39 is 0 Å². The fourth-order valence-electron chi connectivity index (χ4n) is 3.13. The number of nitrogens with zero attached hydrogens (tertiary/aromatic N) is 2. The molecule has 25 heavy (non-hydrogen) atoms. The van der Waals surface area contributed by atoms with Crippen molar-refractivity contribution in [2.45, 2.75) is 27.3 Å². The van der Waals surface area contributed by atoms with Crippen molar-refractivity contribution >= 4 is 23.0 Å². The monoisotopic (exact) mass is 353 g/mol. The van der Waals surface area contributed by atoms with Crippen molar-refractivity contribution in [3.63, 3.8) is 0 Å². The topological polar surface area (TPSA) is 18.5 Å². The Kier molecular flexibility index (Phi) is 5.71. The van der Waals surface area contributed by atoms with Gasteiger partial charge in [0, 0.05) is 38.4 Å². The van der Waals surface area contributed by atoms with Gasteiger partial charge in [-0.15, -0.1) is 0 Å². The zero-order valence-corrected chi connectivity index (χ0v) is 16.2. The van der Waals surface area contributed by atoms with E-state index in [9.17, 15) is 0 Å². The summed E-state index contributed by atoms with van der Waals surface area (Å²) in [5.74, 6) is 0. The van der Waals surface area contributed by atoms with E-state index in [-0.39, 0.29) is 0 Å². The van der Waals surface area contributed by atoms with Gasteiger partial charge in [0.1, 0.15) is 0 Å². The second-order valence-corrected chi connectivity index (χ2v) is 7.38. The third-order valence-electron chi connectivity index (χ3n) is 4.82. The van der Waals surface area contributed by atoms with Gasteiger partial charge in [0.05, 0.1) is 0 Å². The van der Waals surface area contributed by atoms with Crippen LogP contribution in [0.3, 0.4) is 0 Å². The van der Waals surface area contributed by atoms with Crippen LogP contribution in [-0.4, -0.2) is 41.1 Å². The van der Waals surface area contributed by atoms with Crippen LogP contribution >= 0.6 is 12.2 Å². The number of hydrogen-bond acceptors (Lipinski definition) is 2. The maximum absolute atomic E-state index is 5.64. The Balaban J connectivity index is 1.52. The molecule has 2 aromatic rings. The molecule has 0 aromatic heterocycles. The lowest BCUT2D eigenvalue weighted by molar-refractivity contribution is 0.177. The first-order valence-electron chi connectivity index (χ1n) is 8.92. The van der Waals surface area contributed by atoms with Crippen LogP contribution in [0.5, 0.6) is 0 Å². The number of thiocarbonyl (C=S) groups is 1. The standard InChI is InChI=1S/C21H27N3S/c1-16-5-8-19(9-6-16)15-23-10-12-24(13-11-23)21(25)22-20-14-17(2)4-7-18(20)3/h4-9,14H,10-13,15H2,1-3H3,(H,22,25). The zero-order chi connectivity index (χ0) is 17.8. The maximum atomic E-state index is 5.64. The van der Waals surface area contributed by atoms with E-state index in [1.807, 2.05) is 0 Å². The Morgan fingerprint density at radius 3 is 2.24 bits per heavy atom. The van der Waals surface area contributed by atoms with Crippen LogP contribution in [0.1, 0.15) is 22.3 Å². The fourth-order valence-corrected chi connectivity index (χ4v) is 3.42.